The maximum Gasteiger partial charge on any atom is 0.253 e. The summed E-state index contributed by atoms with van der Waals surface area (Å²) < 4.78 is 0. The molecular formula is C19H23N3O. The number of aromatic nitrogens is 1. The van der Waals surface area contributed by atoms with Crippen molar-refractivity contribution in [3.63, 3.8) is 0 Å². The number of nitrogens with one attached hydrogen (secondary N) is 1. The summed E-state index contributed by atoms with van der Waals surface area (Å²) in [5.41, 5.74) is 5.61. The van der Waals surface area contributed by atoms with Crippen LogP contribution in [0.25, 0.3) is 0 Å². The van der Waals surface area contributed by atoms with E-state index in [1.165, 1.54) is 16.7 Å². The summed E-state index contributed by atoms with van der Waals surface area (Å²) in [6.45, 7) is 4.60. The second-order valence-electron chi connectivity index (χ2n) is 6.24. The molecule has 0 spiro atoms. The molecule has 1 aromatic carbocycles. The van der Waals surface area contributed by atoms with Crippen molar-refractivity contribution < 1.29 is 4.79 Å². The number of pyridine rings is 1. The molecule has 3 rings (SSSR count). The molecule has 4 heteroatoms. The number of nitrogens with zero attached hydrogens (tertiary/aromatic N) is 2. The molecule has 0 aliphatic carbocycles. The largest absolute Gasteiger partial charge is 0.352 e. The predicted octanol–water partition coefficient (Wildman–Crippen LogP) is 2.35. The van der Waals surface area contributed by atoms with E-state index >= 15 is 0 Å². The Morgan fingerprint density at radius 2 is 2.13 bits per heavy atom. The smallest absolute Gasteiger partial charge is 0.253 e. The number of carbonyl (C=O) groups is 1. The number of hydrogen-bond donors (Lipinski definition) is 1. The minimum absolute atomic E-state index is 0.00696. The van der Waals surface area contributed by atoms with Crippen LogP contribution in [0.5, 0.6) is 0 Å². The maximum atomic E-state index is 12.5. The van der Waals surface area contributed by atoms with Crippen molar-refractivity contribution in [3.05, 3.63) is 64.5 Å². The fourth-order valence-corrected chi connectivity index (χ4v) is 3.13. The third-order valence-corrected chi connectivity index (χ3v) is 4.52. The van der Waals surface area contributed by atoms with Gasteiger partial charge in [0.25, 0.3) is 5.91 Å². The summed E-state index contributed by atoms with van der Waals surface area (Å²) >= 11 is 0. The SMILES string of the molecule is Cc1ccccc1CCNC(=O)c1cncc2c1CCN(C)C2. The first-order valence-electron chi connectivity index (χ1n) is 8.12. The van der Waals surface area contributed by atoms with Crippen molar-refractivity contribution in [2.75, 3.05) is 20.1 Å². The molecule has 0 fully saturated rings. The van der Waals surface area contributed by atoms with Crippen LogP contribution in [0.15, 0.2) is 36.7 Å². The molecule has 23 heavy (non-hydrogen) atoms. The molecule has 1 amide bonds. The molecule has 2 heterocycles. The summed E-state index contributed by atoms with van der Waals surface area (Å²) in [5.74, 6) is -0.00696. The number of rotatable bonds is 4. The van der Waals surface area contributed by atoms with Gasteiger partial charge in [0.15, 0.2) is 0 Å². The van der Waals surface area contributed by atoms with Crippen LogP contribution in [0, 0.1) is 6.92 Å². The molecule has 4 nitrogen and oxygen atoms in total. The van der Waals surface area contributed by atoms with Gasteiger partial charge in [0.2, 0.25) is 0 Å². The van der Waals surface area contributed by atoms with Crippen molar-refractivity contribution in [1.29, 1.82) is 0 Å². The lowest BCUT2D eigenvalue weighted by Crippen LogP contribution is -2.31. The highest BCUT2D eigenvalue weighted by molar-refractivity contribution is 5.95. The van der Waals surface area contributed by atoms with Crippen LogP contribution in [0.3, 0.4) is 0 Å². The van der Waals surface area contributed by atoms with Crippen molar-refractivity contribution in [1.82, 2.24) is 15.2 Å². The summed E-state index contributed by atoms with van der Waals surface area (Å²) in [6.07, 6.45) is 5.35. The van der Waals surface area contributed by atoms with Gasteiger partial charge in [-0.3, -0.25) is 9.78 Å². The predicted molar refractivity (Wildman–Crippen MR) is 91.5 cm³/mol. The summed E-state index contributed by atoms with van der Waals surface area (Å²) in [5, 5.41) is 3.04. The van der Waals surface area contributed by atoms with Crippen LogP contribution in [0.4, 0.5) is 0 Å². The number of fused-ring (bicyclic) bond motifs is 1. The molecule has 0 saturated heterocycles. The van der Waals surface area contributed by atoms with E-state index in [9.17, 15) is 4.79 Å². The van der Waals surface area contributed by atoms with Crippen LogP contribution in [-0.2, 0) is 19.4 Å². The van der Waals surface area contributed by atoms with Crippen LogP contribution in [0.2, 0.25) is 0 Å². The highest BCUT2D eigenvalue weighted by atomic mass is 16.1. The molecule has 0 unspecified atom stereocenters. The zero-order chi connectivity index (χ0) is 16.2. The Morgan fingerprint density at radius 3 is 2.96 bits per heavy atom. The van der Waals surface area contributed by atoms with E-state index in [4.69, 9.17) is 0 Å². The van der Waals surface area contributed by atoms with Crippen molar-refractivity contribution in [2.24, 2.45) is 0 Å². The van der Waals surface area contributed by atoms with Crippen LogP contribution < -0.4 is 5.32 Å². The zero-order valence-electron chi connectivity index (χ0n) is 13.8. The summed E-state index contributed by atoms with van der Waals surface area (Å²) in [6, 6.07) is 8.29. The van der Waals surface area contributed by atoms with Crippen molar-refractivity contribution >= 4 is 5.91 Å². The van der Waals surface area contributed by atoms with Gasteiger partial charge in [-0.25, -0.2) is 0 Å². The Hall–Kier alpha value is -2.20. The lowest BCUT2D eigenvalue weighted by atomic mass is 9.97. The highest BCUT2D eigenvalue weighted by Crippen LogP contribution is 2.20. The average Bonchev–Trinajstić information content (AvgIpc) is 2.55. The van der Waals surface area contributed by atoms with E-state index in [1.807, 2.05) is 18.3 Å². The van der Waals surface area contributed by atoms with Crippen molar-refractivity contribution in [3.8, 4) is 0 Å². The van der Waals surface area contributed by atoms with Gasteiger partial charge in [-0.05, 0) is 49.1 Å². The van der Waals surface area contributed by atoms with Crippen LogP contribution in [-0.4, -0.2) is 35.9 Å². The zero-order valence-corrected chi connectivity index (χ0v) is 13.8. The Labute approximate surface area is 137 Å². The van der Waals surface area contributed by atoms with E-state index in [0.29, 0.717) is 6.54 Å². The number of amides is 1. The van der Waals surface area contributed by atoms with E-state index in [-0.39, 0.29) is 5.91 Å². The molecule has 120 valence electrons. The lowest BCUT2D eigenvalue weighted by Gasteiger charge is -2.26. The normalized spacial score (nSPS) is 14.3. The third kappa shape index (κ3) is 3.59. The molecule has 1 N–H and O–H groups in total. The number of aryl methyl sites for hydroxylation is 1. The van der Waals surface area contributed by atoms with Gasteiger partial charge in [0, 0.05) is 32.0 Å². The molecule has 0 atom stereocenters. The molecule has 2 aromatic rings. The summed E-state index contributed by atoms with van der Waals surface area (Å²) in [4.78, 5) is 19.0. The second-order valence-corrected chi connectivity index (χ2v) is 6.24. The monoisotopic (exact) mass is 309 g/mol. The topological polar surface area (TPSA) is 45.2 Å². The molecule has 0 radical (unpaired) electrons. The van der Waals surface area contributed by atoms with Gasteiger partial charge in [0.05, 0.1) is 5.56 Å². The molecule has 1 aromatic heterocycles. The molecule has 0 bridgehead atoms. The first-order chi connectivity index (χ1) is 11.1. The number of likely N-dealkylation sites (N-methyl/N-ethyl adjacent to an activating group) is 1. The van der Waals surface area contributed by atoms with E-state index in [0.717, 1.165) is 37.1 Å². The second kappa shape index (κ2) is 6.92. The first kappa shape index (κ1) is 15.7. The maximum absolute atomic E-state index is 12.5. The molecule has 1 aliphatic heterocycles. The Bertz CT molecular complexity index is 712. The minimum Gasteiger partial charge on any atom is -0.352 e. The summed E-state index contributed by atoms with van der Waals surface area (Å²) in [7, 11) is 2.10. The minimum atomic E-state index is -0.00696. The van der Waals surface area contributed by atoms with Gasteiger partial charge in [0.1, 0.15) is 0 Å². The van der Waals surface area contributed by atoms with E-state index in [1.54, 1.807) is 6.20 Å². The molecule has 0 saturated carbocycles. The number of hydrogen-bond acceptors (Lipinski definition) is 3. The molecular weight excluding hydrogens is 286 g/mol. The van der Waals surface area contributed by atoms with Gasteiger partial charge in [-0.1, -0.05) is 24.3 Å². The standard InChI is InChI=1S/C19H23N3O/c1-14-5-3-4-6-15(14)7-9-21-19(23)18-12-20-11-16-13-22(2)10-8-17(16)18/h3-6,11-12H,7-10,13H2,1-2H3,(H,21,23). The number of carbonyl (C=O) groups excluding carboxylic acids is 1. The van der Waals surface area contributed by atoms with Gasteiger partial charge >= 0.3 is 0 Å². The lowest BCUT2D eigenvalue weighted by molar-refractivity contribution is 0.0952. The van der Waals surface area contributed by atoms with E-state index < -0.39 is 0 Å². The van der Waals surface area contributed by atoms with E-state index in [2.05, 4.69) is 41.3 Å². The Morgan fingerprint density at radius 1 is 1.30 bits per heavy atom. The van der Waals surface area contributed by atoms with Gasteiger partial charge in [-0.15, -0.1) is 0 Å². The van der Waals surface area contributed by atoms with Gasteiger partial charge < -0.3 is 10.2 Å². The highest BCUT2D eigenvalue weighted by Gasteiger charge is 2.20. The van der Waals surface area contributed by atoms with Crippen LogP contribution >= 0.6 is 0 Å². The first-order valence-corrected chi connectivity index (χ1v) is 8.12. The van der Waals surface area contributed by atoms with Crippen LogP contribution in [0.1, 0.15) is 32.6 Å². The Balaban J connectivity index is 1.65. The fourth-order valence-electron chi connectivity index (χ4n) is 3.13. The average molecular weight is 309 g/mol. The van der Waals surface area contributed by atoms with Crippen molar-refractivity contribution in [2.45, 2.75) is 26.3 Å². The fraction of sp³-hybridized carbons (Fsp3) is 0.368. The molecule has 1 aliphatic rings. The van der Waals surface area contributed by atoms with Gasteiger partial charge in [-0.2, -0.15) is 0 Å². The quantitative estimate of drug-likeness (QED) is 0.943. The third-order valence-electron chi connectivity index (χ3n) is 4.52. The Kier molecular flexibility index (Phi) is 4.72. The number of benzene rings is 1.